The summed E-state index contributed by atoms with van der Waals surface area (Å²) in [7, 11) is 3.89. The van der Waals surface area contributed by atoms with E-state index in [0.29, 0.717) is 70.1 Å². The number of ketones is 2. The fraction of sp³-hybridized carbons (Fsp3) is 0.673. The van der Waals surface area contributed by atoms with Crippen molar-refractivity contribution < 1.29 is 53.0 Å². The number of carbonyl (C=O) groups excluding carboxylic acids is 9. The van der Waals surface area contributed by atoms with E-state index in [1.807, 2.05) is 49.3 Å². The van der Waals surface area contributed by atoms with Crippen molar-refractivity contribution in [1.29, 1.82) is 0 Å². The number of amides is 6. The maximum Gasteiger partial charge on any atom is 0.324 e. The smallest absolute Gasteiger partial charge is 0.324 e. The van der Waals surface area contributed by atoms with Gasteiger partial charge in [-0.3, -0.25) is 48.5 Å². The zero-order chi connectivity index (χ0) is 52.5. The lowest BCUT2D eigenvalue weighted by Gasteiger charge is -2.30. The highest BCUT2D eigenvalue weighted by Gasteiger charge is 2.41. The lowest BCUT2D eigenvalue weighted by Crippen LogP contribution is -2.55. The molecule has 20 heteroatoms. The lowest BCUT2D eigenvalue weighted by atomic mass is 9.90. The fourth-order valence-corrected chi connectivity index (χ4v) is 10.4. The van der Waals surface area contributed by atoms with Crippen LogP contribution in [0.2, 0.25) is 0 Å². The van der Waals surface area contributed by atoms with Crippen LogP contribution in [0.4, 0.5) is 0 Å². The van der Waals surface area contributed by atoms with Crippen LogP contribution in [-0.2, 0) is 54.3 Å². The molecule has 3 saturated heterocycles. The van der Waals surface area contributed by atoms with Gasteiger partial charge in [-0.25, -0.2) is 0 Å². The molecule has 5 rings (SSSR count). The number of aliphatic hydroxyl groups is 1. The third-order valence-corrected chi connectivity index (χ3v) is 15.0. The quantitative estimate of drug-likeness (QED) is 0.0668. The van der Waals surface area contributed by atoms with Gasteiger partial charge in [-0.1, -0.05) is 57.0 Å². The number of primary amides is 1. The number of aliphatic hydroxyl groups excluding tert-OH is 1. The number of nitrogens with zero attached hydrogens (tertiary/aromatic N) is 3. The molecule has 19 nitrogen and oxygen atoms in total. The highest BCUT2D eigenvalue weighted by molar-refractivity contribution is 7.80. The molecule has 8 unspecified atom stereocenters. The number of hydrogen-bond acceptors (Lipinski definition) is 14. The Labute approximate surface area is 429 Å². The highest BCUT2D eigenvalue weighted by Crippen LogP contribution is 2.32. The number of nitrogens with one attached hydrogen (secondary N) is 4. The van der Waals surface area contributed by atoms with Gasteiger partial charge in [0.1, 0.15) is 24.4 Å². The number of unbranched alkanes of at least 4 members (excludes halogenated alkanes) is 2. The number of nitrogens with two attached hydrogens (primary N) is 1. The van der Waals surface area contributed by atoms with Gasteiger partial charge in [-0.2, -0.15) is 12.6 Å². The predicted octanol–water partition coefficient (Wildman–Crippen LogP) is 1.82. The number of ether oxygens (including phenoxy) is 1. The first-order valence-electron chi connectivity index (χ1n) is 25.9. The molecular formula is C52H78N8O11S. The molecule has 6 amide bonds. The molecular weight excluding hydrogens is 945 g/mol. The molecule has 7 N–H and O–H groups in total. The van der Waals surface area contributed by atoms with Crippen molar-refractivity contribution >= 4 is 71.2 Å². The van der Waals surface area contributed by atoms with Gasteiger partial charge in [0.2, 0.25) is 29.5 Å². The van der Waals surface area contributed by atoms with Crippen molar-refractivity contribution in [2.45, 2.75) is 153 Å². The number of benzene rings is 1. The Hall–Kier alpha value is -5.18. The summed E-state index contributed by atoms with van der Waals surface area (Å²) >= 11 is 4.19. The summed E-state index contributed by atoms with van der Waals surface area (Å²) < 4.78 is 5.72. The van der Waals surface area contributed by atoms with Crippen LogP contribution in [0.5, 0.6) is 0 Å². The van der Waals surface area contributed by atoms with Gasteiger partial charge in [0.05, 0.1) is 18.5 Å². The molecule has 0 aromatic heterocycles. The number of rotatable bonds is 17. The number of cyclic esters (lactones) is 1. The standard InChI is InChI=1S/C52H78N8O11S/c1-5-38-43(61)27-35(16-9-11-23-58(3)4)50(68)57-40(26-34-21-20-33-14-6-7-17-37(33)34)52(70)71-30-46(64)59-24-12-18-41(59)44(62)28-36(15-8-10-22-54-48(66)32(2)31-72)49(67)56-39(29-45(63)55-38)51(69)60-25-13-19-42(60)47(53)65/h6-7,14,17,21,32,35-36,38-42,50,57,68,72H,5,8-13,15-16,18-20,22-31H2,1-4H3,(H2,53,65)(H,54,66)(H,55,63)(H,56,67)/t32?,35?,36?,38?,39?,40?,41-,42?,50?/m0/s1. The second kappa shape index (κ2) is 28.3. The van der Waals surface area contributed by atoms with Gasteiger partial charge in [-0.15, -0.1) is 0 Å². The third-order valence-electron chi connectivity index (χ3n) is 14.5. The van der Waals surface area contributed by atoms with Crippen LogP contribution in [0.25, 0.3) is 5.57 Å². The summed E-state index contributed by atoms with van der Waals surface area (Å²) in [6.07, 6.45) is 4.56. The summed E-state index contributed by atoms with van der Waals surface area (Å²) in [5.74, 6) is -7.07. The van der Waals surface area contributed by atoms with Gasteiger partial charge in [0, 0.05) is 56.0 Å². The SMILES string of the molecule is CCC1NC(=O)CC(C(=O)N2CCCC2C(N)=O)NC(=O)C(CCCCNC(=O)C(C)CS)CC(=O)[C@@H]2CCCN2C(=O)COC(=O)C(CC2=CCc3ccccc32)NC(O)C(CCCCN(C)C)CC1=O. The van der Waals surface area contributed by atoms with Gasteiger partial charge in [0.15, 0.2) is 18.2 Å². The zero-order valence-electron chi connectivity index (χ0n) is 42.5. The number of esters is 1. The van der Waals surface area contributed by atoms with Crippen molar-refractivity contribution in [1.82, 2.24) is 36.0 Å². The van der Waals surface area contributed by atoms with E-state index < -0.39 is 108 Å². The van der Waals surface area contributed by atoms with Crippen molar-refractivity contribution in [2.24, 2.45) is 23.5 Å². The molecule has 72 heavy (non-hydrogen) atoms. The summed E-state index contributed by atoms with van der Waals surface area (Å²) in [6, 6.07) is 2.13. The molecule has 1 aromatic carbocycles. The molecule has 1 aliphatic carbocycles. The third kappa shape index (κ3) is 16.4. The van der Waals surface area contributed by atoms with Crippen LogP contribution in [0.15, 0.2) is 30.3 Å². The minimum absolute atomic E-state index is 0.100. The lowest BCUT2D eigenvalue weighted by molar-refractivity contribution is -0.155. The van der Waals surface area contributed by atoms with E-state index in [0.717, 1.165) is 29.7 Å². The Balaban J connectivity index is 1.48. The maximum atomic E-state index is 14.5. The number of likely N-dealkylation sites (tertiary alicyclic amines) is 1. The Bertz CT molecular complexity index is 2140. The van der Waals surface area contributed by atoms with Crippen LogP contribution >= 0.6 is 12.6 Å². The second-order valence-electron chi connectivity index (χ2n) is 20.2. The fourth-order valence-electron chi connectivity index (χ4n) is 10.2. The van der Waals surface area contributed by atoms with Crippen LogP contribution in [0.1, 0.15) is 121 Å². The van der Waals surface area contributed by atoms with E-state index in [-0.39, 0.29) is 57.0 Å². The van der Waals surface area contributed by atoms with Gasteiger partial charge >= 0.3 is 5.97 Å². The van der Waals surface area contributed by atoms with Gasteiger partial charge in [0.25, 0.3) is 5.91 Å². The van der Waals surface area contributed by atoms with Gasteiger partial charge in [-0.05, 0) is 108 Å². The van der Waals surface area contributed by atoms with E-state index in [2.05, 4.69) is 33.9 Å². The molecule has 3 aliphatic heterocycles. The van der Waals surface area contributed by atoms with E-state index in [1.54, 1.807) is 13.8 Å². The van der Waals surface area contributed by atoms with Crippen molar-refractivity contribution in [3.63, 3.8) is 0 Å². The minimum Gasteiger partial charge on any atom is -0.454 e. The van der Waals surface area contributed by atoms with Crippen LogP contribution in [0.3, 0.4) is 0 Å². The summed E-state index contributed by atoms with van der Waals surface area (Å²) in [4.78, 5) is 129. The molecule has 0 radical (unpaired) electrons. The van der Waals surface area contributed by atoms with Crippen LogP contribution in [0, 0.1) is 17.8 Å². The molecule has 0 bridgehead atoms. The van der Waals surface area contributed by atoms with E-state index in [9.17, 15) is 48.3 Å². The Morgan fingerprint density at radius 2 is 1.67 bits per heavy atom. The monoisotopic (exact) mass is 1020 g/mol. The molecule has 1 aromatic rings. The number of thiol groups is 1. The van der Waals surface area contributed by atoms with Crippen molar-refractivity contribution in [3.8, 4) is 0 Å². The van der Waals surface area contributed by atoms with Crippen LogP contribution < -0.4 is 27.0 Å². The predicted molar refractivity (Wildman–Crippen MR) is 273 cm³/mol. The number of fused-ring (bicyclic) bond motifs is 2. The second-order valence-corrected chi connectivity index (χ2v) is 20.5. The number of carbonyl (C=O) groups is 9. The molecule has 0 saturated carbocycles. The topological polar surface area (TPSA) is 267 Å². The maximum absolute atomic E-state index is 14.5. The first-order valence-corrected chi connectivity index (χ1v) is 26.5. The Kier molecular flexibility index (Phi) is 22.7. The van der Waals surface area contributed by atoms with E-state index >= 15 is 0 Å². The normalized spacial score (nSPS) is 26.7. The number of Topliss-reactive ketones (excluding diaryl/α,β-unsaturated/α-hetero) is 2. The summed E-state index contributed by atoms with van der Waals surface area (Å²) in [5, 5.41) is 23.4. The molecule has 3 fully saturated rings. The number of hydrogen-bond donors (Lipinski definition) is 7. The molecule has 9 atom stereocenters. The molecule has 0 spiro atoms. The van der Waals surface area contributed by atoms with E-state index in [4.69, 9.17) is 10.5 Å². The average Bonchev–Trinajstić information content (AvgIpc) is 4.15. The Morgan fingerprint density at radius 1 is 0.931 bits per heavy atom. The minimum atomic E-state index is -1.52. The first kappa shape index (κ1) is 57.7. The van der Waals surface area contributed by atoms with Crippen molar-refractivity contribution in [2.75, 3.05) is 52.6 Å². The zero-order valence-corrected chi connectivity index (χ0v) is 43.4. The van der Waals surface area contributed by atoms with Crippen LogP contribution in [-0.4, -0.2) is 162 Å². The average molecular weight is 1020 g/mol. The van der Waals surface area contributed by atoms with Gasteiger partial charge < -0.3 is 46.2 Å². The summed E-state index contributed by atoms with van der Waals surface area (Å²) in [5.41, 5.74) is 8.55. The first-order chi connectivity index (χ1) is 34.4. The molecule has 398 valence electrons. The number of allylic oxidation sites excluding steroid dienone is 1. The van der Waals surface area contributed by atoms with E-state index in [1.165, 1.54) is 9.80 Å². The molecule has 4 aliphatic rings. The Morgan fingerprint density at radius 3 is 2.39 bits per heavy atom. The summed E-state index contributed by atoms with van der Waals surface area (Å²) in [6.45, 7) is 4.16. The highest BCUT2D eigenvalue weighted by atomic mass is 32.1. The van der Waals surface area contributed by atoms with Crippen molar-refractivity contribution in [3.05, 3.63) is 41.5 Å². The largest absolute Gasteiger partial charge is 0.454 e. The molecule has 3 heterocycles.